The lowest BCUT2D eigenvalue weighted by Gasteiger charge is -2.18. The Kier molecular flexibility index (Phi) is 1.39. The number of aromatic nitrogens is 2. The van der Waals surface area contributed by atoms with Crippen molar-refractivity contribution >= 4 is 10.9 Å². The lowest BCUT2D eigenvalue weighted by Crippen LogP contribution is -2.28. The minimum absolute atomic E-state index is 0.201. The fraction of sp³-hybridized carbons (Fsp3) is 0.200. The molecule has 14 heavy (non-hydrogen) atoms. The molecule has 70 valence electrons. The van der Waals surface area contributed by atoms with Gasteiger partial charge in [0.05, 0.1) is 12.1 Å². The predicted octanol–water partition coefficient (Wildman–Crippen LogP) is 0.789. The van der Waals surface area contributed by atoms with Crippen molar-refractivity contribution in [2.24, 2.45) is 0 Å². The molecule has 0 atom stereocenters. The maximum atomic E-state index is 11.4. The fourth-order valence-corrected chi connectivity index (χ4v) is 1.79. The molecular formula is C10H8N2O2. The summed E-state index contributed by atoms with van der Waals surface area (Å²) in [7, 11) is 0. The van der Waals surface area contributed by atoms with Crippen LogP contribution in [0.4, 0.5) is 0 Å². The normalized spacial score (nSPS) is 14.0. The summed E-state index contributed by atoms with van der Waals surface area (Å²) in [5, 5.41) is 0.946. The highest BCUT2D eigenvalue weighted by Gasteiger charge is 2.13. The van der Waals surface area contributed by atoms with Gasteiger partial charge < -0.3 is 4.74 Å². The Morgan fingerprint density at radius 3 is 3.29 bits per heavy atom. The summed E-state index contributed by atoms with van der Waals surface area (Å²) < 4.78 is 7.12. The lowest BCUT2D eigenvalue weighted by molar-refractivity contribution is 0.283. The molecule has 0 bridgehead atoms. The second-order valence-electron chi connectivity index (χ2n) is 3.23. The summed E-state index contributed by atoms with van der Waals surface area (Å²) in [6.45, 7) is 1.12. The molecule has 0 N–H and O–H groups in total. The summed E-state index contributed by atoms with van der Waals surface area (Å²) in [5.74, 6) is 0.772. The number of ether oxygens (including phenoxy) is 1. The molecule has 2 aromatic rings. The van der Waals surface area contributed by atoms with Crippen molar-refractivity contribution in [1.29, 1.82) is 0 Å². The van der Waals surface area contributed by atoms with E-state index in [0.717, 1.165) is 16.7 Å². The number of hydrogen-bond acceptors (Lipinski definition) is 3. The van der Waals surface area contributed by atoms with Gasteiger partial charge in [-0.1, -0.05) is 12.1 Å². The molecular weight excluding hydrogens is 180 g/mol. The van der Waals surface area contributed by atoms with Gasteiger partial charge in [0.25, 0.3) is 0 Å². The van der Waals surface area contributed by atoms with Crippen molar-refractivity contribution in [3.8, 4) is 5.75 Å². The summed E-state index contributed by atoms with van der Waals surface area (Å²) in [5.41, 5.74) is 0.659. The van der Waals surface area contributed by atoms with E-state index in [1.54, 1.807) is 10.8 Å². The minimum atomic E-state index is -0.201. The van der Waals surface area contributed by atoms with E-state index in [0.29, 0.717) is 13.2 Å². The molecule has 4 nitrogen and oxygen atoms in total. The van der Waals surface area contributed by atoms with Crippen LogP contribution >= 0.6 is 0 Å². The average molecular weight is 188 g/mol. The molecule has 1 aromatic carbocycles. The first-order valence-electron chi connectivity index (χ1n) is 4.47. The van der Waals surface area contributed by atoms with E-state index >= 15 is 0 Å². The zero-order valence-electron chi connectivity index (χ0n) is 7.43. The Hall–Kier alpha value is -1.84. The first-order chi connectivity index (χ1) is 6.86. The molecule has 0 saturated heterocycles. The van der Waals surface area contributed by atoms with E-state index in [-0.39, 0.29) is 5.69 Å². The topological polar surface area (TPSA) is 44.1 Å². The van der Waals surface area contributed by atoms with Crippen LogP contribution in [0, 0.1) is 0 Å². The average Bonchev–Trinajstić information content (AvgIpc) is 2.24. The van der Waals surface area contributed by atoms with E-state index < -0.39 is 0 Å². The number of rotatable bonds is 0. The first-order valence-corrected chi connectivity index (χ1v) is 4.47. The van der Waals surface area contributed by atoms with Gasteiger partial charge in [-0.3, -0.25) is 4.57 Å². The maximum Gasteiger partial charge on any atom is 0.348 e. The van der Waals surface area contributed by atoms with Crippen molar-refractivity contribution in [2.75, 3.05) is 6.61 Å². The van der Waals surface area contributed by atoms with Gasteiger partial charge in [0.15, 0.2) is 0 Å². The van der Waals surface area contributed by atoms with E-state index in [4.69, 9.17) is 4.74 Å². The van der Waals surface area contributed by atoms with Crippen LogP contribution in [0.3, 0.4) is 0 Å². The highest BCUT2D eigenvalue weighted by Crippen LogP contribution is 2.25. The smallest absolute Gasteiger partial charge is 0.348 e. The molecule has 3 rings (SSSR count). The molecule has 0 radical (unpaired) electrons. The van der Waals surface area contributed by atoms with Gasteiger partial charge in [-0.15, -0.1) is 0 Å². The maximum absolute atomic E-state index is 11.4. The highest BCUT2D eigenvalue weighted by molar-refractivity contribution is 5.84. The third kappa shape index (κ3) is 0.878. The van der Waals surface area contributed by atoms with Crippen LogP contribution in [-0.4, -0.2) is 16.2 Å². The monoisotopic (exact) mass is 188 g/mol. The van der Waals surface area contributed by atoms with Gasteiger partial charge in [0.2, 0.25) is 0 Å². The second kappa shape index (κ2) is 2.57. The molecule has 0 aliphatic carbocycles. The van der Waals surface area contributed by atoms with Crippen LogP contribution in [-0.2, 0) is 6.54 Å². The minimum Gasteiger partial charge on any atom is -0.490 e. The lowest BCUT2D eigenvalue weighted by atomic mass is 10.2. The zero-order chi connectivity index (χ0) is 9.54. The van der Waals surface area contributed by atoms with Gasteiger partial charge in [-0.25, -0.2) is 9.78 Å². The Balaban J connectivity index is 2.57. The van der Waals surface area contributed by atoms with Crippen molar-refractivity contribution in [3.05, 3.63) is 34.9 Å². The second-order valence-corrected chi connectivity index (χ2v) is 3.23. The highest BCUT2D eigenvalue weighted by atomic mass is 16.5. The van der Waals surface area contributed by atoms with Crippen LogP contribution in [0.5, 0.6) is 5.75 Å². The molecule has 1 aliphatic rings. The van der Waals surface area contributed by atoms with Crippen molar-refractivity contribution < 1.29 is 4.74 Å². The number of para-hydroxylation sites is 1. The third-order valence-corrected chi connectivity index (χ3v) is 2.42. The molecule has 0 fully saturated rings. The molecule has 1 aromatic heterocycles. The SMILES string of the molecule is O=c1ncc2cccc3c2n1CCO3. The predicted molar refractivity (Wildman–Crippen MR) is 51.5 cm³/mol. The summed E-state index contributed by atoms with van der Waals surface area (Å²) >= 11 is 0. The quantitative estimate of drug-likeness (QED) is 0.614. The van der Waals surface area contributed by atoms with Gasteiger partial charge in [-0.2, -0.15) is 0 Å². The van der Waals surface area contributed by atoms with Gasteiger partial charge in [0.1, 0.15) is 12.4 Å². The summed E-state index contributed by atoms with van der Waals surface area (Å²) in [4.78, 5) is 15.3. The largest absolute Gasteiger partial charge is 0.490 e. The van der Waals surface area contributed by atoms with Crippen LogP contribution < -0.4 is 10.4 Å². The summed E-state index contributed by atoms with van der Waals surface area (Å²) in [6.07, 6.45) is 1.59. The number of hydrogen-bond donors (Lipinski definition) is 0. The first kappa shape index (κ1) is 7.55. The Morgan fingerprint density at radius 1 is 1.43 bits per heavy atom. The Labute approximate surface area is 79.8 Å². The summed E-state index contributed by atoms with van der Waals surface area (Å²) in [6, 6.07) is 5.70. The van der Waals surface area contributed by atoms with Crippen molar-refractivity contribution in [3.63, 3.8) is 0 Å². The van der Waals surface area contributed by atoms with Crippen LogP contribution in [0.15, 0.2) is 29.2 Å². The van der Waals surface area contributed by atoms with E-state index in [2.05, 4.69) is 4.98 Å². The Morgan fingerprint density at radius 2 is 2.36 bits per heavy atom. The fourth-order valence-electron chi connectivity index (χ4n) is 1.79. The van der Waals surface area contributed by atoms with Crippen molar-refractivity contribution in [2.45, 2.75) is 6.54 Å². The van der Waals surface area contributed by atoms with E-state index in [9.17, 15) is 4.79 Å². The van der Waals surface area contributed by atoms with Crippen LogP contribution in [0.2, 0.25) is 0 Å². The van der Waals surface area contributed by atoms with E-state index in [1.165, 1.54) is 0 Å². The number of nitrogens with zero attached hydrogens (tertiary/aromatic N) is 2. The van der Waals surface area contributed by atoms with Gasteiger partial charge >= 0.3 is 5.69 Å². The van der Waals surface area contributed by atoms with Gasteiger partial charge in [-0.05, 0) is 6.07 Å². The third-order valence-electron chi connectivity index (χ3n) is 2.42. The van der Waals surface area contributed by atoms with E-state index in [1.807, 2.05) is 18.2 Å². The van der Waals surface area contributed by atoms with Crippen LogP contribution in [0.1, 0.15) is 0 Å². The van der Waals surface area contributed by atoms with Crippen molar-refractivity contribution in [1.82, 2.24) is 9.55 Å². The van der Waals surface area contributed by atoms with Crippen LogP contribution in [0.25, 0.3) is 10.9 Å². The molecule has 1 aliphatic heterocycles. The molecule has 2 heterocycles. The molecule has 0 spiro atoms. The molecule has 4 heteroatoms. The Bertz CT molecular complexity index is 560. The standard InChI is InChI=1S/C10H8N2O2/c13-10-11-6-7-2-1-3-8-9(7)12(10)4-5-14-8/h1-3,6H,4-5H2. The van der Waals surface area contributed by atoms with Gasteiger partial charge in [0, 0.05) is 11.6 Å². The molecule has 0 amide bonds. The number of benzene rings is 1. The molecule has 0 unspecified atom stereocenters. The molecule has 0 saturated carbocycles. The zero-order valence-corrected chi connectivity index (χ0v) is 7.43.